The minimum absolute atomic E-state index is 0.327. The highest BCUT2D eigenvalue weighted by molar-refractivity contribution is 7.16. The highest BCUT2D eigenvalue weighted by atomic mass is 32.1. The van der Waals surface area contributed by atoms with E-state index in [2.05, 4.69) is 5.10 Å². The van der Waals surface area contributed by atoms with Gasteiger partial charge in [0.05, 0.1) is 5.69 Å². The molecule has 72 valence electrons. The van der Waals surface area contributed by atoms with Crippen molar-refractivity contribution in [1.29, 1.82) is 0 Å². The average molecular weight is 208 g/mol. The van der Waals surface area contributed by atoms with Gasteiger partial charge >= 0.3 is 5.97 Å². The van der Waals surface area contributed by atoms with Gasteiger partial charge in [-0.2, -0.15) is 5.10 Å². The van der Waals surface area contributed by atoms with E-state index in [0.717, 1.165) is 10.7 Å². The van der Waals surface area contributed by atoms with Crippen LogP contribution in [0.1, 0.15) is 15.4 Å². The number of carboxylic acid groups (broad SMARTS) is 1. The van der Waals surface area contributed by atoms with Gasteiger partial charge in [-0.05, 0) is 25.1 Å². The number of nitrogens with zero attached hydrogens (tertiary/aromatic N) is 2. The third-order valence-corrected chi connectivity index (χ3v) is 2.81. The summed E-state index contributed by atoms with van der Waals surface area (Å²) in [6.45, 7) is 1.89. The molecule has 0 aliphatic rings. The van der Waals surface area contributed by atoms with E-state index in [1.54, 1.807) is 16.8 Å². The molecule has 0 atom stereocenters. The molecule has 4 nitrogen and oxygen atoms in total. The van der Waals surface area contributed by atoms with Crippen molar-refractivity contribution in [1.82, 2.24) is 9.78 Å². The van der Waals surface area contributed by atoms with Crippen molar-refractivity contribution in [3.8, 4) is 5.00 Å². The highest BCUT2D eigenvalue weighted by Gasteiger charge is 2.08. The van der Waals surface area contributed by atoms with Crippen LogP contribution in [0.5, 0.6) is 0 Å². The lowest BCUT2D eigenvalue weighted by Gasteiger charge is -1.93. The first-order valence-electron chi connectivity index (χ1n) is 4.02. The molecule has 0 fully saturated rings. The van der Waals surface area contributed by atoms with Gasteiger partial charge in [0, 0.05) is 6.20 Å². The molecule has 0 unspecified atom stereocenters. The number of thiophene rings is 1. The van der Waals surface area contributed by atoms with Gasteiger partial charge in [0.25, 0.3) is 0 Å². The normalized spacial score (nSPS) is 10.4. The summed E-state index contributed by atoms with van der Waals surface area (Å²) in [5.41, 5.74) is 0.912. The van der Waals surface area contributed by atoms with Gasteiger partial charge in [0.15, 0.2) is 0 Å². The van der Waals surface area contributed by atoms with Gasteiger partial charge in [-0.15, -0.1) is 11.3 Å². The molecule has 0 radical (unpaired) electrons. The molecule has 0 aliphatic carbocycles. The van der Waals surface area contributed by atoms with Crippen molar-refractivity contribution in [3.05, 3.63) is 35.0 Å². The Kier molecular flexibility index (Phi) is 2.09. The first kappa shape index (κ1) is 8.96. The molecule has 2 heterocycles. The summed E-state index contributed by atoms with van der Waals surface area (Å²) < 4.78 is 1.67. The van der Waals surface area contributed by atoms with Crippen LogP contribution in [0.25, 0.3) is 5.00 Å². The summed E-state index contributed by atoms with van der Waals surface area (Å²) in [4.78, 5) is 11.0. The van der Waals surface area contributed by atoms with Crippen LogP contribution in [0.15, 0.2) is 24.4 Å². The summed E-state index contributed by atoms with van der Waals surface area (Å²) >= 11 is 1.21. The molecule has 1 N–H and O–H groups in total. The highest BCUT2D eigenvalue weighted by Crippen LogP contribution is 2.20. The number of aryl methyl sites for hydroxylation is 1. The van der Waals surface area contributed by atoms with E-state index in [1.165, 1.54) is 11.3 Å². The van der Waals surface area contributed by atoms with Gasteiger partial charge in [-0.1, -0.05) is 0 Å². The van der Waals surface area contributed by atoms with Crippen molar-refractivity contribution in [2.75, 3.05) is 0 Å². The zero-order valence-corrected chi connectivity index (χ0v) is 8.28. The summed E-state index contributed by atoms with van der Waals surface area (Å²) in [7, 11) is 0. The fourth-order valence-electron chi connectivity index (χ4n) is 1.10. The first-order valence-corrected chi connectivity index (χ1v) is 4.84. The van der Waals surface area contributed by atoms with Crippen LogP contribution in [0, 0.1) is 6.92 Å². The van der Waals surface area contributed by atoms with E-state index >= 15 is 0 Å². The van der Waals surface area contributed by atoms with Crippen LogP contribution in [-0.4, -0.2) is 20.9 Å². The van der Waals surface area contributed by atoms with Crippen LogP contribution in [0.4, 0.5) is 0 Å². The SMILES string of the molecule is Cc1ccn(-c2ccc(C(=O)O)s2)n1. The number of hydrogen-bond donors (Lipinski definition) is 1. The lowest BCUT2D eigenvalue weighted by Crippen LogP contribution is -1.91. The number of rotatable bonds is 2. The van der Waals surface area contributed by atoms with Crippen molar-refractivity contribution < 1.29 is 9.90 Å². The van der Waals surface area contributed by atoms with E-state index in [4.69, 9.17) is 5.11 Å². The van der Waals surface area contributed by atoms with Crippen molar-refractivity contribution in [2.45, 2.75) is 6.92 Å². The molecule has 0 aliphatic heterocycles. The van der Waals surface area contributed by atoms with E-state index < -0.39 is 5.97 Å². The molecule has 0 bridgehead atoms. The Morgan fingerprint density at radius 3 is 2.79 bits per heavy atom. The van der Waals surface area contributed by atoms with E-state index in [-0.39, 0.29) is 0 Å². The molecule has 0 spiro atoms. The predicted molar refractivity (Wildman–Crippen MR) is 53.1 cm³/mol. The minimum atomic E-state index is -0.898. The van der Waals surface area contributed by atoms with Crippen molar-refractivity contribution in [2.24, 2.45) is 0 Å². The van der Waals surface area contributed by atoms with Crippen LogP contribution in [0.2, 0.25) is 0 Å². The number of hydrogen-bond acceptors (Lipinski definition) is 3. The third kappa shape index (κ3) is 1.54. The molecule has 0 saturated carbocycles. The molecule has 0 saturated heterocycles. The van der Waals surface area contributed by atoms with Crippen LogP contribution in [0.3, 0.4) is 0 Å². The number of aromatic carboxylic acids is 1. The van der Waals surface area contributed by atoms with Gasteiger partial charge in [-0.3, -0.25) is 0 Å². The molecule has 2 rings (SSSR count). The Hall–Kier alpha value is -1.62. The molecule has 2 aromatic rings. The Balaban J connectivity index is 2.38. The average Bonchev–Trinajstić information content (AvgIpc) is 2.70. The summed E-state index contributed by atoms with van der Waals surface area (Å²) in [5.74, 6) is -0.898. The lowest BCUT2D eigenvalue weighted by atomic mass is 10.5. The molecule has 5 heteroatoms. The smallest absolute Gasteiger partial charge is 0.345 e. The largest absolute Gasteiger partial charge is 0.477 e. The molecular weight excluding hydrogens is 200 g/mol. The Bertz CT molecular complexity index is 473. The topological polar surface area (TPSA) is 55.1 Å². The zero-order valence-electron chi connectivity index (χ0n) is 7.47. The monoisotopic (exact) mass is 208 g/mol. The Labute approximate surface area is 84.4 Å². The van der Waals surface area contributed by atoms with Crippen molar-refractivity contribution in [3.63, 3.8) is 0 Å². The summed E-state index contributed by atoms with van der Waals surface area (Å²) in [6, 6.07) is 5.21. The van der Waals surface area contributed by atoms with Gasteiger partial charge in [-0.25, -0.2) is 9.48 Å². The Morgan fingerprint density at radius 1 is 1.50 bits per heavy atom. The minimum Gasteiger partial charge on any atom is -0.477 e. The molecule has 0 amide bonds. The second-order valence-electron chi connectivity index (χ2n) is 2.84. The maximum Gasteiger partial charge on any atom is 0.345 e. The fraction of sp³-hybridized carbons (Fsp3) is 0.111. The number of carboxylic acids is 1. The zero-order chi connectivity index (χ0) is 10.1. The number of carbonyl (C=O) groups is 1. The predicted octanol–water partition coefficient (Wildman–Crippen LogP) is 1.94. The standard InChI is InChI=1S/C9H8N2O2S/c1-6-4-5-11(10-6)8-3-2-7(14-8)9(12)13/h2-5H,1H3,(H,12,13). The van der Waals surface area contributed by atoms with E-state index in [0.29, 0.717) is 4.88 Å². The van der Waals surface area contributed by atoms with Gasteiger partial charge in [0.2, 0.25) is 0 Å². The summed E-state index contributed by atoms with van der Waals surface area (Å²) in [6.07, 6.45) is 1.81. The van der Waals surface area contributed by atoms with Crippen LogP contribution >= 0.6 is 11.3 Å². The van der Waals surface area contributed by atoms with Crippen LogP contribution in [-0.2, 0) is 0 Å². The third-order valence-electron chi connectivity index (χ3n) is 1.75. The fourth-order valence-corrected chi connectivity index (χ4v) is 1.88. The molecule has 14 heavy (non-hydrogen) atoms. The summed E-state index contributed by atoms with van der Waals surface area (Å²) in [5, 5.41) is 13.7. The van der Waals surface area contributed by atoms with E-state index in [1.807, 2.05) is 19.2 Å². The maximum absolute atomic E-state index is 10.6. The van der Waals surface area contributed by atoms with Gasteiger partial charge < -0.3 is 5.11 Å². The van der Waals surface area contributed by atoms with E-state index in [9.17, 15) is 4.79 Å². The quantitative estimate of drug-likeness (QED) is 0.820. The van der Waals surface area contributed by atoms with Gasteiger partial charge in [0.1, 0.15) is 9.88 Å². The molecular formula is C9H8N2O2S. The molecule has 0 aromatic carbocycles. The molecule has 2 aromatic heterocycles. The lowest BCUT2D eigenvalue weighted by molar-refractivity contribution is 0.0702. The number of aromatic nitrogens is 2. The van der Waals surface area contributed by atoms with Crippen molar-refractivity contribution >= 4 is 17.3 Å². The maximum atomic E-state index is 10.6. The van der Waals surface area contributed by atoms with Crippen LogP contribution < -0.4 is 0 Å². The Morgan fingerprint density at radius 2 is 2.29 bits per heavy atom. The second kappa shape index (κ2) is 3.26. The first-order chi connectivity index (χ1) is 6.66. The second-order valence-corrected chi connectivity index (χ2v) is 3.91.